The molecule has 4 aromatic rings. The van der Waals surface area contributed by atoms with Gasteiger partial charge in [-0.25, -0.2) is 0 Å². The molecule has 0 saturated carbocycles. The minimum atomic E-state index is -0.0711. The number of para-hydroxylation sites is 1. The normalized spacial score (nSPS) is 10.8. The number of amides is 1. The quantitative estimate of drug-likeness (QED) is 0.407. The van der Waals surface area contributed by atoms with Crippen molar-refractivity contribution in [3.05, 3.63) is 89.5 Å². The van der Waals surface area contributed by atoms with Crippen LogP contribution in [0.25, 0.3) is 17.1 Å². The van der Waals surface area contributed by atoms with Gasteiger partial charge in [0.1, 0.15) is 0 Å². The number of benzene rings is 3. The van der Waals surface area contributed by atoms with Crippen LogP contribution in [0.5, 0.6) is 0 Å². The molecule has 0 fully saturated rings. The van der Waals surface area contributed by atoms with E-state index in [1.165, 1.54) is 17.3 Å². The molecule has 0 spiro atoms. The van der Waals surface area contributed by atoms with Gasteiger partial charge in [-0.05, 0) is 50.1 Å². The third kappa shape index (κ3) is 4.86. The number of hydrogen-bond acceptors (Lipinski definition) is 4. The van der Waals surface area contributed by atoms with Crippen molar-refractivity contribution in [1.29, 1.82) is 0 Å². The Hall–Kier alpha value is -3.38. The molecule has 0 aliphatic heterocycles. The number of nitrogens with zero attached hydrogens (tertiary/aromatic N) is 3. The number of thioether (sulfide) groups is 1. The Bertz CT molecular complexity index is 1200. The second-order valence-corrected chi connectivity index (χ2v) is 8.44. The van der Waals surface area contributed by atoms with Gasteiger partial charge in [-0.1, -0.05) is 71.9 Å². The van der Waals surface area contributed by atoms with Gasteiger partial charge in [-0.2, -0.15) is 0 Å². The van der Waals surface area contributed by atoms with Crippen LogP contribution < -0.4 is 5.32 Å². The molecule has 6 heteroatoms. The Labute approximate surface area is 186 Å². The molecule has 31 heavy (non-hydrogen) atoms. The van der Waals surface area contributed by atoms with E-state index in [2.05, 4.69) is 34.6 Å². The molecular weight excluding hydrogens is 404 g/mol. The minimum Gasteiger partial charge on any atom is -0.325 e. The van der Waals surface area contributed by atoms with E-state index in [1.54, 1.807) is 0 Å². The van der Waals surface area contributed by atoms with Crippen molar-refractivity contribution in [2.45, 2.75) is 25.9 Å². The van der Waals surface area contributed by atoms with Gasteiger partial charge < -0.3 is 5.32 Å². The van der Waals surface area contributed by atoms with Crippen molar-refractivity contribution in [2.75, 3.05) is 11.1 Å². The van der Waals surface area contributed by atoms with Crippen LogP contribution in [-0.4, -0.2) is 26.4 Å². The average molecular weight is 429 g/mol. The lowest BCUT2D eigenvalue weighted by atomic mass is 10.1. The molecule has 1 aromatic heterocycles. The number of rotatable bonds is 6. The van der Waals surface area contributed by atoms with Gasteiger partial charge in [0.2, 0.25) is 5.91 Å². The predicted molar refractivity (Wildman–Crippen MR) is 127 cm³/mol. The molecule has 0 aliphatic carbocycles. The van der Waals surface area contributed by atoms with E-state index in [0.717, 1.165) is 33.9 Å². The van der Waals surface area contributed by atoms with Crippen LogP contribution in [0.2, 0.25) is 0 Å². The first-order chi connectivity index (χ1) is 15.0. The first-order valence-electron chi connectivity index (χ1n) is 10.1. The van der Waals surface area contributed by atoms with E-state index in [4.69, 9.17) is 0 Å². The first-order valence-corrected chi connectivity index (χ1v) is 11.1. The highest BCUT2D eigenvalue weighted by Gasteiger charge is 2.17. The van der Waals surface area contributed by atoms with E-state index in [-0.39, 0.29) is 11.7 Å². The third-order valence-corrected chi connectivity index (χ3v) is 5.89. The van der Waals surface area contributed by atoms with Crippen LogP contribution in [0.1, 0.15) is 16.7 Å². The summed E-state index contributed by atoms with van der Waals surface area (Å²) in [5.74, 6) is 0.925. The van der Waals surface area contributed by atoms with Gasteiger partial charge >= 0.3 is 0 Å². The van der Waals surface area contributed by atoms with E-state index in [9.17, 15) is 4.79 Å². The number of hydrogen-bond donors (Lipinski definition) is 1. The van der Waals surface area contributed by atoms with Crippen molar-refractivity contribution in [3.63, 3.8) is 0 Å². The molecule has 0 atom stereocenters. The standard InChI is InChI=1S/C25H24N4OS/c1-17-10-13-20(14-11-17)24-27-28-25(29(24)21-7-5-4-6-8-21)31-16-23(30)26-22-15-18(2)9-12-19(22)3/h4-15H,16H2,1-3H3,(H,26,30). The number of carbonyl (C=O) groups excluding carboxylic acids is 1. The summed E-state index contributed by atoms with van der Waals surface area (Å²) in [5, 5.41) is 12.5. The number of anilines is 1. The summed E-state index contributed by atoms with van der Waals surface area (Å²) in [6.07, 6.45) is 0. The molecule has 4 rings (SSSR count). The molecule has 3 aromatic carbocycles. The zero-order chi connectivity index (χ0) is 21.8. The molecule has 0 unspecified atom stereocenters. The minimum absolute atomic E-state index is 0.0711. The van der Waals surface area contributed by atoms with E-state index >= 15 is 0 Å². The molecule has 0 saturated heterocycles. The van der Waals surface area contributed by atoms with Gasteiger partial charge in [0, 0.05) is 16.9 Å². The Morgan fingerprint density at radius 2 is 1.61 bits per heavy atom. The Kier molecular flexibility index (Phi) is 6.18. The van der Waals surface area contributed by atoms with Gasteiger partial charge in [-0.3, -0.25) is 9.36 Å². The van der Waals surface area contributed by atoms with Gasteiger partial charge in [0.15, 0.2) is 11.0 Å². The Morgan fingerprint density at radius 1 is 0.903 bits per heavy atom. The molecule has 1 N–H and O–H groups in total. The summed E-state index contributed by atoms with van der Waals surface area (Å²) >= 11 is 1.38. The fourth-order valence-electron chi connectivity index (χ4n) is 3.25. The maximum absolute atomic E-state index is 12.6. The van der Waals surface area contributed by atoms with Crippen molar-refractivity contribution in [1.82, 2.24) is 14.8 Å². The smallest absolute Gasteiger partial charge is 0.234 e. The zero-order valence-corrected chi connectivity index (χ0v) is 18.6. The zero-order valence-electron chi connectivity index (χ0n) is 17.8. The van der Waals surface area contributed by atoms with Crippen LogP contribution in [0, 0.1) is 20.8 Å². The molecule has 0 aliphatic rings. The molecular formula is C25H24N4OS. The maximum atomic E-state index is 12.6. The number of aromatic nitrogens is 3. The predicted octanol–water partition coefficient (Wildman–Crippen LogP) is 5.59. The molecule has 1 amide bonds. The van der Waals surface area contributed by atoms with Crippen LogP contribution >= 0.6 is 11.8 Å². The number of nitrogens with one attached hydrogen (secondary N) is 1. The average Bonchev–Trinajstić information content (AvgIpc) is 3.20. The van der Waals surface area contributed by atoms with Gasteiger partial charge in [-0.15, -0.1) is 10.2 Å². The molecule has 1 heterocycles. The lowest BCUT2D eigenvalue weighted by molar-refractivity contribution is -0.113. The fourth-order valence-corrected chi connectivity index (χ4v) is 4.00. The Balaban J connectivity index is 1.59. The second kappa shape index (κ2) is 9.18. The van der Waals surface area contributed by atoms with Crippen molar-refractivity contribution in [2.24, 2.45) is 0 Å². The number of aryl methyl sites for hydroxylation is 3. The molecule has 0 bridgehead atoms. The highest BCUT2D eigenvalue weighted by Crippen LogP contribution is 2.28. The molecule has 0 radical (unpaired) electrons. The van der Waals surface area contributed by atoms with E-state index in [1.807, 2.05) is 79.1 Å². The van der Waals surface area contributed by atoms with E-state index < -0.39 is 0 Å². The van der Waals surface area contributed by atoms with Crippen LogP contribution in [0.4, 0.5) is 5.69 Å². The maximum Gasteiger partial charge on any atom is 0.234 e. The monoisotopic (exact) mass is 428 g/mol. The van der Waals surface area contributed by atoms with Crippen molar-refractivity contribution in [3.8, 4) is 17.1 Å². The second-order valence-electron chi connectivity index (χ2n) is 7.50. The summed E-state index contributed by atoms with van der Waals surface area (Å²) in [5.41, 5.74) is 6.12. The van der Waals surface area contributed by atoms with Crippen molar-refractivity contribution >= 4 is 23.4 Å². The fraction of sp³-hybridized carbons (Fsp3) is 0.160. The lowest BCUT2D eigenvalue weighted by Gasteiger charge is -2.11. The Morgan fingerprint density at radius 3 is 2.35 bits per heavy atom. The lowest BCUT2D eigenvalue weighted by Crippen LogP contribution is -2.15. The van der Waals surface area contributed by atoms with Crippen LogP contribution in [0.15, 0.2) is 78.0 Å². The third-order valence-electron chi connectivity index (χ3n) is 4.96. The van der Waals surface area contributed by atoms with Crippen molar-refractivity contribution < 1.29 is 4.79 Å². The van der Waals surface area contributed by atoms with E-state index in [0.29, 0.717) is 5.16 Å². The largest absolute Gasteiger partial charge is 0.325 e. The summed E-state index contributed by atoms with van der Waals surface area (Å²) < 4.78 is 2.00. The summed E-state index contributed by atoms with van der Waals surface area (Å²) in [7, 11) is 0. The summed E-state index contributed by atoms with van der Waals surface area (Å²) in [6, 6.07) is 24.2. The van der Waals surface area contributed by atoms with Crippen LogP contribution in [0.3, 0.4) is 0 Å². The summed E-state index contributed by atoms with van der Waals surface area (Å²) in [4.78, 5) is 12.6. The summed E-state index contributed by atoms with van der Waals surface area (Å²) in [6.45, 7) is 6.06. The highest BCUT2D eigenvalue weighted by molar-refractivity contribution is 7.99. The SMILES string of the molecule is Cc1ccc(-c2nnc(SCC(=O)Nc3cc(C)ccc3C)n2-c2ccccc2)cc1. The first kappa shape index (κ1) is 20.9. The van der Waals surface area contributed by atoms with Crippen LogP contribution in [-0.2, 0) is 4.79 Å². The molecule has 156 valence electrons. The number of carbonyl (C=O) groups is 1. The topological polar surface area (TPSA) is 59.8 Å². The van der Waals surface area contributed by atoms with Gasteiger partial charge in [0.05, 0.1) is 5.75 Å². The molecule has 5 nitrogen and oxygen atoms in total. The highest BCUT2D eigenvalue weighted by atomic mass is 32.2. The van der Waals surface area contributed by atoms with Gasteiger partial charge in [0.25, 0.3) is 0 Å².